The van der Waals surface area contributed by atoms with E-state index in [-0.39, 0.29) is 38.6 Å². The Bertz CT molecular complexity index is 1590. The van der Waals surface area contributed by atoms with E-state index in [2.05, 4.69) is 148 Å². The molecule has 0 aromatic heterocycles. The first-order valence-corrected chi connectivity index (χ1v) is 26.3. The van der Waals surface area contributed by atoms with Gasteiger partial charge in [0.2, 0.25) is 0 Å². The fourth-order valence-electron chi connectivity index (χ4n) is 6.33. The van der Waals surface area contributed by atoms with Crippen molar-refractivity contribution in [1.29, 1.82) is 0 Å². The first kappa shape index (κ1) is 64.4. The van der Waals surface area contributed by atoms with Crippen molar-refractivity contribution in [3.8, 4) is 0 Å². The molecule has 0 spiro atoms. The summed E-state index contributed by atoms with van der Waals surface area (Å²) >= 11 is 0. The Morgan fingerprint density at radius 3 is 1.25 bits per heavy atom. The number of unbranched alkanes of at least 4 members (excludes halogenated alkanes) is 9. The molecule has 0 aliphatic carbocycles. The lowest BCUT2D eigenvalue weighted by Crippen LogP contribution is -2.44. The van der Waals surface area contributed by atoms with Crippen molar-refractivity contribution in [3.63, 3.8) is 0 Å². The molecule has 9 nitrogen and oxygen atoms in total. The van der Waals surface area contributed by atoms with E-state index in [4.69, 9.17) is 18.9 Å². The van der Waals surface area contributed by atoms with Crippen molar-refractivity contribution in [2.24, 2.45) is 0 Å². The lowest BCUT2D eigenvalue weighted by molar-refractivity contribution is -0.870. The SMILES string of the molecule is CC/C=C\C/C=C\C/C=C\C/C=C\C/C=C\C/C=C\C/C=C\C/C=C\C/C=C\CCCCCC(=O)OC(COC(=O)CCCCCCC/C=C\C/C=C\CCC)COC(OCC[N+](C)(C)C)C(=O)[O-]. The molecule has 0 aliphatic rings. The molecule has 0 fully saturated rings. The molecule has 0 rings (SSSR count). The van der Waals surface area contributed by atoms with Gasteiger partial charge in [-0.2, -0.15) is 0 Å². The molecular weight excluding hydrogens is 863 g/mol. The predicted octanol–water partition coefficient (Wildman–Crippen LogP) is 13.8. The van der Waals surface area contributed by atoms with Gasteiger partial charge in [-0.05, 0) is 109 Å². The quantitative estimate of drug-likeness (QED) is 0.0195. The van der Waals surface area contributed by atoms with Gasteiger partial charge in [0.25, 0.3) is 0 Å². The average Bonchev–Trinajstić information content (AvgIpc) is 3.31. The van der Waals surface area contributed by atoms with Gasteiger partial charge in [-0.3, -0.25) is 9.59 Å². The van der Waals surface area contributed by atoms with E-state index in [0.717, 1.165) is 122 Å². The molecule has 0 heterocycles. The highest BCUT2D eigenvalue weighted by Gasteiger charge is 2.21. The molecule has 2 unspecified atom stereocenters. The number of hydrogen-bond acceptors (Lipinski definition) is 8. The number of carbonyl (C=O) groups excluding carboxylic acids is 3. The molecule has 0 amide bonds. The van der Waals surface area contributed by atoms with Crippen LogP contribution >= 0.6 is 0 Å². The van der Waals surface area contributed by atoms with Crippen LogP contribution < -0.4 is 5.11 Å². The summed E-state index contributed by atoms with van der Waals surface area (Å²) in [6, 6.07) is 0. The number of hydrogen-bond donors (Lipinski definition) is 0. The van der Waals surface area contributed by atoms with Gasteiger partial charge in [-0.1, -0.05) is 180 Å². The van der Waals surface area contributed by atoms with E-state index >= 15 is 0 Å². The Hall–Kier alpha value is -4.57. The van der Waals surface area contributed by atoms with Crippen LogP contribution in [0.4, 0.5) is 0 Å². The zero-order valence-corrected chi connectivity index (χ0v) is 43.9. The highest BCUT2D eigenvalue weighted by atomic mass is 16.7. The maximum atomic E-state index is 12.8. The molecule has 0 aromatic rings. The second-order valence-corrected chi connectivity index (χ2v) is 18.1. The summed E-state index contributed by atoms with van der Waals surface area (Å²) in [7, 11) is 5.88. The van der Waals surface area contributed by atoms with Crippen molar-refractivity contribution in [3.05, 3.63) is 134 Å². The highest BCUT2D eigenvalue weighted by molar-refractivity contribution is 5.70. The predicted molar refractivity (Wildman–Crippen MR) is 287 cm³/mol. The van der Waals surface area contributed by atoms with Gasteiger partial charge in [-0.25, -0.2) is 0 Å². The smallest absolute Gasteiger partial charge is 0.306 e. The van der Waals surface area contributed by atoms with E-state index in [0.29, 0.717) is 23.9 Å². The maximum absolute atomic E-state index is 12.8. The van der Waals surface area contributed by atoms with Crippen molar-refractivity contribution in [2.45, 2.75) is 180 Å². The Morgan fingerprint density at radius 2 is 0.826 bits per heavy atom. The van der Waals surface area contributed by atoms with Crippen LogP contribution in [0.2, 0.25) is 0 Å². The Balaban J connectivity index is 4.39. The summed E-state index contributed by atoms with van der Waals surface area (Å²) in [6.07, 6.45) is 67.8. The minimum Gasteiger partial charge on any atom is -0.545 e. The molecule has 0 bridgehead atoms. The van der Waals surface area contributed by atoms with Crippen molar-refractivity contribution in [1.82, 2.24) is 0 Å². The highest BCUT2D eigenvalue weighted by Crippen LogP contribution is 2.12. The van der Waals surface area contributed by atoms with Crippen LogP contribution in [-0.2, 0) is 33.3 Å². The minimum atomic E-state index is -1.64. The zero-order chi connectivity index (χ0) is 50.6. The number of likely N-dealkylation sites (N-methyl/N-ethyl adjacent to an activating group) is 1. The standard InChI is InChI=1S/C60H95NO8/c1-6-8-10-12-14-16-18-20-21-22-23-24-25-26-27-28-29-30-31-32-33-34-35-36-37-39-41-43-45-47-49-51-58(63)69-56(55-68-60(59(64)65)66-53-52-61(3,4)5)54-67-57(62)50-48-46-44-42-40-38-19-17-15-13-11-9-7-2/h8,10-11,13-14,16-17,19-21,23-24,26-27,29-30,32-33,35-36,39,41,56,60H,6-7,9,12,15,18,22,25,28,31,34,37-38,40,42-55H2,1-5H3/b10-8-,13-11-,16-14-,19-17-,21-20-,24-23-,27-26-,30-29-,33-32-,36-35-,41-39-. The monoisotopic (exact) mass is 958 g/mol. The molecule has 0 saturated heterocycles. The molecule has 0 N–H and O–H groups in total. The summed E-state index contributed by atoms with van der Waals surface area (Å²) < 4.78 is 22.5. The van der Waals surface area contributed by atoms with Gasteiger partial charge in [0.05, 0.1) is 40.3 Å². The number of esters is 2. The second kappa shape index (κ2) is 49.8. The normalized spacial score (nSPS) is 13.9. The van der Waals surface area contributed by atoms with Crippen LogP contribution in [0.15, 0.2) is 134 Å². The van der Waals surface area contributed by atoms with Gasteiger partial charge in [0, 0.05) is 12.8 Å². The van der Waals surface area contributed by atoms with Crippen molar-refractivity contribution in [2.75, 3.05) is 47.5 Å². The number of allylic oxidation sites excluding steroid dienone is 22. The van der Waals surface area contributed by atoms with Crippen molar-refractivity contribution >= 4 is 17.9 Å². The number of aliphatic carboxylic acids is 1. The van der Waals surface area contributed by atoms with E-state index in [9.17, 15) is 19.5 Å². The lowest BCUT2D eigenvalue weighted by Gasteiger charge is -2.26. The first-order valence-electron chi connectivity index (χ1n) is 26.3. The Kier molecular flexibility index (Phi) is 46.5. The summed E-state index contributed by atoms with van der Waals surface area (Å²) in [6.45, 7) is 4.47. The molecule has 0 aromatic carbocycles. The van der Waals surface area contributed by atoms with Crippen LogP contribution in [0.1, 0.15) is 168 Å². The number of nitrogens with zero attached hydrogens (tertiary/aromatic N) is 1. The number of rotatable bonds is 46. The Labute approximate surface area is 420 Å². The zero-order valence-electron chi connectivity index (χ0n) is 43.9. The minimum absolute atomic E-state index is 0.130. The average molecular weight is 958 g/mol. The molecule has 9 heteroatoms. The van der Waals surface area contributed by atoms with Crippen LogP contribution in [-0.4, -0.2) is 82.3 Å². The van der Waals surface area contributed by atoms with E-state index < -0.39 is 24.3 Å². The number of carbonyl (C=O) groups is 3. The summed E-state index contributed by atoms with van der Waals surface area (Å²) in [5, 5.41) is 11.7. The third-order valence-corrected chi connectivity index (χ3v) is 10.4. The fourth-order valence-corrected chi connectivity index (χ4v) is 6.33. The van der Waals surface area contributed by atoms with E-state index in [1.165, 1.54) is 6.42 Å². The van der Waals surface area contributed by atoms with Crippen LogP contribution in [0.5, 0.6) is 0 Å². The first-order chi connectivity index (χ1) is 33.6. The number of carboxylic acids is 1. The molecule has 0 radical (unpaired) electrons. The maximum Gasteiger partial charge on any atom is 0.306 e. The van der Waals surface area contributed by atoms with E-state index in [1.54, 1.807) is 0 Å². The van der Waals surface area contributed by atoms with Gasteiger partial charge in [0.15, 0.2) is 12.4 Å². The van der Waals surface area contributed by atoms with Crippen LogP contribution in [0, 0.1) is 0 Å². The molecule has 0 saturated carbocycles. The topological polar surface area (TPSA) is 111 Å². The summed E-state index contributed by atoms with van der Waals surface area (Å²) in [4.78, 5) is 37.1. The van der Waals surface area contributed by atoms with Gasteiger partial charge in [-0.15, -0.1) is 0 Å². The second-order valence-electron chi connectivity index (χ2n) is 18.1. The molecular formula is C60H95NO8. The number of carboxylic acid groups (broad SMARTS) is 1. The van der Waals surface area contributed by atoms with Crippen molar-refractivity contribution < 1.29 is 42.9 Å². The fraction of sp³-hybridized carbons (Fsp3) is 0.583. The third kappa shape index (κ3) is 51.1. The lowest BCUT2D eigenvalue weighted by atomic mass is 10.1. The molecule has 388 valence electrons. The number of quaternary nitrogens is 1. The molecule has 69 heavy (non-hydrogen) atoms. The van der Waals surface area contributed by atoms with Gasteiger partial charge < -0.3 is 33.3 Å². The Morgan fingerprint density at radius 1 is 0.449 bits per heavy atom. The molecule has 2 atom stereocenters. The van der Waals surface area contributed by atoms with Crippen LogP contribution in [0.25, 0.3) is 0 Å². The number of ether oxygens (including phenoxy) is 4. The van der Waals surface area contributed by atoms with Gasteiger partial charge >= 0.3 is 11.9 Å². The summed E-state index contributed by atoms with van der Waals surface area (Å²) in [5.74, 6) is -2.37. The summed E-state index contributed by atoms with van der Waals surface area (Å²) in [5.41, 5.74) is 0. The van der Waals surface area contributed by atoms with E-state index in [1.807, 2.05) is 21.1 Å². The van der Waals surface area contributed by atoms with Gasteiger partial charge in [0.1, 0.15) is 13.2 Å². The largest absolute Gasteiger partial charge is 0.545 e. The molecule has 0 aliphatic heterocycles. The van der Waals surface area contributed by atoms with Crippen LogP contribution in [0.3, 0.4) is 0 Å². The third-order valence-electron chi connectivity index (χ3n) is 10.4.